The minimum Gasteiger partial charge on any atom is -0.369 e. The first-order chi connectivity index (χ1) is 7.56. The second-order valence-corrected chi connectivity index (χ2v) is 4.55. The van der Waals surface area contributed by atoms with Crippen molar-refractivity contribution in [2.45, 2.75) is 38.6 Å². The van der Waals surface area contributed by atoms with E-state index in [0.717, 1.165) is 25.7 Å². The van der Waals surface area contributed by atoms with Gasteiger partial charge in [-0.05, 0) is 12.8 Å². The van der Waals surface area contributed by atoms with Gasteiger partial charge in [0, 0.05) is 18.5 Å². The number of rotatable bonds is 4. The maximum atomic E-state index is 11.7. The fraction of sp³-hybridized carbons (Fsp3) is 0.818. The van der Waals surface area contributed by atoms with Gasteiger partial charge in [-0.15, -0.1) is 12.4 Å². The summed E-state index contributed by atoms with van der Waals surface area (Å²) in [7, 11) is 0. The van der Waals surface area contributed by atoms with Gasteiger partial charge in [0.25, 0.3) is 0 Å². The Morgan fingerprint density at radius 1 is 1.35 bits per heavy atom. The minimum atomic E-state index is -0.314. The van der Waals surface area contributed by atoms with Crippen molar-refractivity contribution < 1.29 is 9.59 Å². The van der Waals surface area contributed by atoms with Crippen molar-refractivity contribution in [2.24, 2.45) is 23.3 Å². The topological polar surface area (TPSA) is 98.2 Å². The molecule has 3 unspecified atom stereocenters. The molecular weight excluding hydrogens is 242 g/mol. The average molecular weight is 264 g/mol. The Hall–Kier alpha value is -0.810. The zero-order chi connectivity index (χ0) is 12.1. The summed E-state index contributed by atoms with van der Waals surface area (Å²) < 4.78 is 0. The normalized spacial score (nSPS) is 25.5. The number of nitrogens with two attached hydrogens (primary N) is 2. The molecule has 0 bridgehead atoms. The van der Waals surface area contributed by atoms with E-state index in [4.69, 9.17) is 11.5 Å². The van der Waals surface area contributed by atoms with Crippen molar-refractivity contribution in [3.63, 3.8) is 0 Å². The van der Waals surface area contributed by atoms with Crippen LogP contribution in [0.4, 0.5) is 0 Å². The van der Waals surface area contributed by atoms with Gasteiger partial charge in [0.05, 0.1) is 5.92 Å². The van der Waals surface area contributed by atoms with Gasteiger partial charge in [-0.2, -0.15) is 0 Å². The summed E-state index contributed by atoms with van der Waals surface area (Å²) in [6, 6.07) is -0.104. The standard InChI is InChI=1S/C11H21N3O2.ClH/c1-7(6-12)11(16)14-9-5-3-2-4-8(9)10(13)15;/h7-9H,2-6,12H2,1H3,(H2,13,15)(H,14,16);1H. The zero-order valence-electron chi connectivity index (χ0n) is 10.1. The molecule has 0 aromatic carbocycles. The number of halogens is 1. The number of carbonyl (C=O) groups is 2. The van der Waals surface area contributed by atoms with Crippen molar-refractivity contribution in [2.75, 3.05) is 6.54 Å². The van der Waals surface area contributed by atoms with Crippen molar-refractivity contribution >= 4 is 24.2 Å². The molecule has 0 aromatic heterocycles. The molecule has 5 nitrogen and oxygen atoms in total. The van der Waals surface area contributed by atoms with Crippen LogP contribution in [-0.4, -0.2) is 24.4 Å². The van der Waals surface area contributed by atoms with E-state index in [0.29, 0.717) is 6.54 Å². The Kier molecular flexibility index (Phi) is 7.15. The maximum Gasteiger partial charge on any atom is 0.224 e. The maximum absolute atomic E-state index is 11.7. The molecule has 1 saturated carbocycles. The highest BCUT2D eigenvalue weighted by Gasteiger charge is 2.31. The number of amides is 2. The Morgan fingerprint density at radius 3 is 2.47 bits per heavy atom. The molecule has 2 amide bonds. The first kappa shape index (κ1) is 16.2. The van der Waals surface area contributed by atoms with Gasteiger partial charge in [-0.3, -0.25) is 9.59 Å². The van der Waals surface area contributed by atoms with E-state index >= 15 is 0 Å². The van der Waals surface area contributed by atoms with Crippen LogP contribution in [0.15, 0.2) is 0 Å². The monoisotopic (exact) mass is 263 g/mol. The van der Waals surface area contributed by atoms with Crippen LogP contribution in [0.2, 0.25) is 0 Å². The number of carbonyl (C=O) groups excluding carboxylic acids is 2. The van der Waals surface area contributed by atoms with Crippen LogP contribution < -0.4 is 16.8 Å². The molecule has 0 aromatic rings. The summed E-state index contributed by atoms with van der Waals surface area (Å²) in [5, 5.41) is 2.88. The Balaban J connectivity index is 0.00000256. The average Bonchev–Trinajstić information content (AvgIpc) is 2.28. The molecule has 1 aliphatic carbocycles. The quantitative estimate of drug-likeness (QED) is 0.674. The third kappa shape index (κ3) is 4.52. The third-order valence-corrected chi connectivity index (χ3v) is 3.26. The molecule has 0 aliphatic heterocycles. The predicted octanol–water partition coefficient (Wildman–Crippen LogP) is 0.163. The SMILES string of the molecule is CC(CN)C(=O)NC1CCCCC1C(N)=O.Cl. The lowest BCUT2D eigenvalue weighted by Gasteiger charge is -2.30. The van der Waals surface area contributed by atoms with Crippen molar-refractivity contribution in [1.82, 2.24) is 5.32 Å². The fourth-order valence-electron chi connectivity index (χ4n) is 2.08. The molecule has 0 radical (unpaired) electrons. The van der Waals surface area contributed by atoms with Crippen LogP contribution in [0.25, 0.3) is 0 Å². The first-order valence-electron chi connectivity index (χ1n) is 5.86. The van der Waals surface area contributed by atoms with E-state index in [9.17, 15) is 9.59 Å². The van der Waals surface area contributed by atoms with Gasteiger partial charge in [0.2, 0.25) is 11.8 Å². The molecular formula is C11H22ClN3O2. The summed E-state index contributed by atoms with van der Waals surface area (Å²) >= 11 is 0. The van der Waals surface area contributed by atoms with Gasteiger partial charge >= 0.3 is 0 Å². The van der Waals surface area contributed by atoms with Crippen molar-refractivity contribution in [3.05, 3.63) is 0 Å². The van der Waals surface area contributed by atoms with Crippen LogP contribution in [0.3, 0.4) is 0 Å². The Morgan fingerprint density at radius 2 is 1.94 bits per heavy atom. The Bertz CT molecular complexity index is 273. The van der Waals surface area contributed by atoms with Crippen LogP contribution in [0, 0.1) is 11.8 Å². The smallest absolute Gasteiger partial charge is 0.224 e. The number of hydrogen-bond donors (Lipinski definition) is 3. The fourth-order valence-corrected chi connectivity index (χ4v) is 2.08. The molecule has 0 saturated heterocycles. The summed E-state index contributed by atoms with van der Waals surface area (Å²) in [6.45, 7) is 2.09. The van der Waals surface area contributed by atoms with Gasteiger partial charge in [0.15, 0.2) is 0 Å². The van der Waals surface area contributed by atoms with Crippen LogP contribution in [-0.2, 0) is 9.59 Å². The molecule has 0 spiro atoms. The predicted molar refractivity (Wildman–Crippen MR) is 68.5 cm³/mol. The number of hydrogen-bond acceptors (Lipinski definition) is 3. The molecule has 1 rings (SSSR count). The second-order valence-electron chi connectivity index (χ2n) is 4.55. The molecule has 0 heterocycles. The van der Waals surface area contributed by atoms with Gasteiger partial charge in [0.1, 0.15) is 0 Å². The minimum absolute atomic E-state index is 0. The van der Waals surface area contributed by atoms with E-state index in [1.807, 2.05) is 0 Å². The summed E-state index contributed by atoms with van der Waals surface area (Å²) in [5.74, 6) is -0.829. The van der Waals surface area contributed by atoms with E-state index in [1.165, 1.54) is 0 Å². The van der Waals surface area contributed by atoms with Crippen LogP contribution in [0.1, 0.15) is 32.6 Å². The van der Waals surface area contributed by atoms with E-state index in [1.54, 1.807) is 6.92 Å². The summed E-state index contributed by atoms with van der Waals surface area (Å²) in [4.78, 5) is 22.9. The Labute approximate surface area is 108 Å². The molecule has 3 atom stereocenters. The van der Waals surface area contributed by atoms with Gasteiger partial charge in [-0.25, -0.2) is 0 Å². The third-order valence-electron chi connectivity index (χ3n) is 3.26. The highest BCUT2D eigenvalue weighted by Crippen LogP contribution is 2.24. The lowest BCUT2D eigenvalue weighted by molar-refractivity contribution is -0.127. The van der Waals surface area contributed by atoms with Gasteiger partial charge in [-0.1, -0.05) is 19.8 Å². The highest BCUT2D eigenvalue weighted by molar-refractivity contribution is 5.85. The lowest BCUT2D eigenvalue weighted by Crippen LogP contribution is -2.49. The number of nitrogens with one attached hydrogen (secondary N) is 1. The molecule has 1 fully saturated rings. The zero-order valence-corrected chi connectivity index (χ0v) is 11.0. The highest BCUT2D eigenvalue weighted by atomic mass is 35.5. The molecule has 100 valence electrons. The molecule has 5 N–H and O–H groups in total. The molecule has 1 aliphatic rings. The molecule has 17 heavy (non-hydrogen) atoms. The lowest BCUT2D eigenvalue weighted by atomic mass is 9.84. The van der Waals surface area contributed by atoms with Crippen molar-refractivity contribution in [1.29, 1.82) is 0 Å². The molecule has 6 heteroatoms. The summed E-state index contributed by atoms with van der Waals surface area (Å²) in [5.41, 5.74) is 10.7. The van der Waals surface area contributed by atoms with E-state index in [2.05, 4.69) is 5.32 Å². The number of primary amides is 1. The first-order valence-corrected chi connectivity index (χ1v) is 5.86. The second kappa shape index (κ2) is 7.50. The summed E-state index contributed by atoms with van der Waals surface area (Å²) in [6.07, 6.45) is 3.64. The van der Waals surface area contributed by atoms with Crippen molar-refractivity contribution in [3.8, 4) is 0 Å². The van der Waals surface area contributed by atoms with Crippen LogP contribution >= 0.6 is 12.4 Å². The van der Waals surface area contributed by atoms with Crippen LogP contribution in [0.5, 0.6) is 0 Å². The largest absolute Gasteiger partial charge is 0.369 e. The van der Waals surface area contributed by atoms with Gasteiger partial charge < -0.3 is 16.8 Å². The van der Waals surface area contributed by atoms with E-state index < -0.39 is 0 Å². The van der Waals surface area contributed by atoms with E-state index in [-0.39, 0.29) is 42.1 Å².